The van der Waals surface area contributed by atoms with Gasteiger partial charge in [-0.15, -0.1) is 11.3 Å². The van der Waals surface area contributed by atoms with Gasteiger partial charge in [0.15, 0.2) is 0 Å². The molecule has 3 heterocycles. The number of thiazole rings is 1. The number of alkyl halides is 3. The molecule has 0 aliphatic rings. The summed E-state index contributed by atoms with van der Waals surface area (Å²) >= 11 is 1.50. The third-order valence-corrected chi connectivity index (χ3v) is 4.65. The van der Waals surface area contributed by atoms with Crippen LogP contribution in [0.1, 0.15) is 11.4 Å². The third kappa shape index (κ3) is 2.78. The van der Waals surface area contributed by atoms with Crippen LogP contribution in [-0.4, -0.2) is 19.9 Å². The smallest absolute Gasteiger partial charge is 0.360 e. The van der Waals surface area contributed by atoms with Crippen LogP contribution in [0.5, 0.6) is 0 Å². The van der Waals surface area contributed by atoms with Crippen molar-refractivity contribution in [1.29, 1.82) is 0 Å². The number of benzene rings is 1. The van der Waals surface area contributed by atoms with Crippen LogP contribution in [-0.2, 0) is 6.18 Å². The highest BCUT2D eigenvalue weighted by atomic mass is 32.1. The third-order valence-electron chi connectivity index (χ3n) is 3.83. The topological polar surface area (TPSA) is 54.5 Å². The van der Waals surface area contributed by atoms with Crippen molar-refractivity contribution in [3.8, 4) is 21.8 Å². The zero-order valence-electron chi connectivity index (χ0n) is 12.9. The van der Waals surface area contributed by atoms with Gasteiger partial charge >= 0.3 is 6.18 Å². The molecule has 4 nitrogen and oxygen atoms in total. The zero-order valence-corrected chi connectivity index (χ0v) is 13.7. The summed E-state index contributed by atoms with van der Waals surface area (Å²) in [6.45, 7) is 1.57. The van der Waals surface area contributed by atoms with Crippen LogP contribution in [0, 0.1) is 6.92 Å². The average molecular weight is 360 g/mol. The van der Waals surface area contributed by atoms with E-state index in [0.29, 0.717) is 10.9 Å². The molecule has 0 radical (unpaired) electrons. The molecule has 4 rings (SSSR count). The molecule has 3 aromatic heterocycles. The van der Waals surface area contributed by atoms with Crippen LogP contribution in [0.15, 0.2) is 42.2 Å². The highest BCUT2D eigenvalue weighted by Crippen LogP contribution is 2.38. The summed E-state index contributed by atoms with van der Waals surface area (Å²) < 4.78 is 40.0. The second-order valence-electron chi connectivity index (χ2n) is 5.48. The van der Waals surface area contributed by atoms with Gasteiger partial charge in [-0.3, -0.25) is 0 Å². The number of nitrogens with zero attached hydrogens (tertiary/aromatic N) is 3. The lowest BCUT2D eigenvalue weighted by atomic mass is 10.0. The molecule has 8 heteroatoms. The molecule has 1 aromatic carbocycles. The van der Waals surface area contributed by atoms with Gasteiger partial charge in [0.2, 0.25) is 0 Å². The van der Waals surface area contributed by atoms with Gasteiger partial charge in [-0.05, 0) is 13.0 Å². The minimum absolute atomic E-state index is 0.117. The maximum atomic E-state index is 13.3. The number of fused-ring (bicyclic) bond motifs is 1. The Bertz CT molecular complexity index is 1050. The number of rotatable bonds is 2. The predicted octanol–water partition coefficient (Wildman–Crippen LogP) is 5.08. The van der Waals surface area contributed by atoms with E-state index in [0.717, 1.165) is 22.3 Å². The van der Waals surface area contributed by atoms with Crippen molar-refractivity contribution in [2.75, 3.05) is 0 Å². The standard InChI is InChI=1S/C17H11F3N4S/c1-9-22-8-13(17(18,19)20)15(24-9)12-7-23-14-6-10(2-3-11(12)14)16-21-4-5-25-16/h2-8,23H,1H3. The summed E-state index contributed by atoms with van der Waals surface area (Å²) in [5, 5.41) is 3.40. The first-order chi connectivity index (χ1) is 11.9. The molecule has 1 N–H and O–H groups in total. The van der Waals surface area contributed by atoms with E-state index in [1.54, 1.807) is 25.4 Å². The van der Waals surface area contributed by atoms with Crippen LogP contribution >= 0.6 is 11.3 Å². The van der Waals surface area contributed by atoms with E-state index in [2.05, 4.69) is 19.9 Å². The van der Waals surface area contributed by atoms with Crippen molar-refractivity contribution >= 4 is 22.2 Å². The maximum absolute atomic E-state index is 13.3. The highest BCUT2D eigenvalue weighted by Gasteiger charge is 2.35. The Morgan fingerprint density at radius 3 is 2.72 bits per heavy atom. The largest absolute Gasteiger partial charge is 0.419 e. The van der Waals surface area contributed by atoms with Crippen molar-refractivity contribution in [1.82, 2.24) is 19.9 Å². The lowest BCUT2D eigenvalue weighted by Gasteiger charge is -2.11. The summed E-state index contributed by atoms with van der Waals surface area (Å²) in [5.74, 6) is 0.289. The first-order valence-corrected chi connectivity index (χ1v) is 8.23. The molecule has 4 aromatic rings. The van der Waals surface area contributed by atoms with Gasteiger partial charge < -0.3 is 4.98 Å². The molecule has 25 heavy (non-hydrogen) atoms. The minimum atomic E-state index is -4.52. The molecular formula is C17H11F3N4S. The Morgan fingerprint density at radius 1 is 1.16 bits per heavy atom. The van der Waals surface area contributed by atoms with Crippen molar-refractivity contribution < 1.29 is 13.2 Å². The molecule has 0 aliphatic heterocycles. The first-order valence-electron chi connectivity index (χ1n) is 7.35. The number of halogens is 3. The summed E-state index contributed by atoms with van der Waals surface area (Å²) in [7, 11) is 0. The molecule has 0 amide bonds. The van der Waals surface area contributed by atoms with E-state index in [-0.39, 0.29) is 11.5 Å². The Kier molecular flexibility index (Phi) is 3.57. The quantitative estimate of drug-likeness (QED) is 0.543. The summed E-state index contributed by atoms with van der Waals surface area (Å²) in [4.78, 5) is 15.0. The lowest BCUT2D eigenvalue weighted by Crippen LogP contribution is -2.10. The second kappa shape index (κ2) is 5.66. The fourth-order valence-electron chi connectivity index (χ4n) is 2.70. The number of aromatic amines is 1. The van der Waals surface area contributed by atoms with Crippen LogP contribution < -0.4 is 0 Å². The molecule has 0 unspecified atom stereocenters. The van der Waals surface area contributed by atoms with E-state index < -0.39 is 11.7 Å². The van der Waals surface area contributed by atoms with E-state index in [1.165, 1.54) is 11.3 Å². The van der Waals surface area contributed by atoms with Crippen LogP contribution in [0.4, 0.5) is 13.2 Å². The molecule has 0 fully saturated rings. The highest BCUT2D eigenvalue weighted by molar-refractivity contribution is 7.13. The predicted molar refractivity (Wildman–Crippen MR) is 90.2 cm³/mol. The number of nitrogens with one attached hydrogen (secondary N) is 1. The lowest BCUT2D eigenvalue weighted by molar-refractivity contribution is -0.137. The molecule has 0 bridgehead atoms. The molecule has 0 atom stereocenters. The van der Waals surface area contributed by atoms with Gasteiger partial charge in [-0.2, -0.15) is 13.2 Å². The van der Waals surface area contributed by atoms with E-state index in [9.17, 15) is 13.2 Å². The van der Waals surface area contributed by atoms with Crippen LogP contribution in [0.2, 0.25) is 0 Å². The summed E-state index contributed by atoms with van der Waals surface area (Å²) in [6.07, 6.45) is -0.426. The molecular weight excluding hydrogens is 349 g/mol. The van der Waals surface area contributed by atoms with Crippen LogP contribution in [0.25, 0.3) is 32.7 Å². The Hall–Kier alpha value is -2.74. The first kappa shape index (κ1) is 15.8. The summed E-state index contributed by atoms with van der Waals surface area (Å²) in [6, 6.07) is 5.51. The molecule has 0 saturated carbocycles. The van der Waals surface area contributed by atoms with Crippen LogP contribution in [0.3, 0.4) is 0 Å². The van der Waals surface area contributed by atoms with E-state index in [1.807, 2.05) is 17.5 Å². The maximum Gasteiger partial charge on any atom is 0.419 e. The number of hydrogen-bond donors (Lipinski definition) is 1. The van der Waals surface area contributed by atoms with Gasteiger partial charge in [0.1, 0.15) is 16.4 Å². The number of hydrogen-bond acceptors (Lipinski definition) is 4. The van der Waals surface area contributed by atoms with Gasteiger partial charge in [-0.1, -0.05) is 12.1 Å². The minimum Gasteiger partial charge on any atom is -0.360 e. The molecule has 126 valence electrons. The van der Waals surface area contributed by atoms with Gasteiger partial charge in [0.25, 0.3) is 0 Å². The molecule has 0 aliphatic carbocycles. The van der Waals surface area contributed by atoms with Gasteiger partial charge in [-0.25, -0.2) is 15.0 Å². The Labute approximate surface area is 144 Å². The zero-order chi connectivity index (χ0) is 17.6. The van der Waals surface area contributed by atoms with E-state index in [4.69, 9.17) is 0 Å². The summed E-state index contributed by atoms with van der Waals surface area (Å²) in [5.41, 5.74) is 1.08. The van der Waals surface area contributed by atoms with Crippen molar-refractivity contribution in [3.63, 3.8) is 0 Å². The SMILES string of the molecule is Cc1ncc(C(F)(F)F)c(-c2c[nH]c3cc(-c4nccs4)ccc23)n1. The van der Waals surface area contributed by atoms with Crippen molar-refractivity contribution in [2.24, 2.45) is 0 Å². The van der Waals surface area contributed by atoms with Crippen molar-refractivity contribution in [2.45, 2.75) is 13.1 Å². The van der Waals surface area contributed by atoms with Gasteiger partial charge in [0.05, 0.1) is 5.69 Å². The van der Waals surface area contributed by atoms with E-state index >= 15 is 0 Å². The molecule has 0 saturated heterocycles. The number of H-pyrrole nitrogens is 1. The molecule has 0 spiro atoms. The fraction of sp³-hybridized carbons (Fsp3) is 0.118. The average Bonchev–Trinajstić information content (AvgIpc) is 3.22. The number of aryl methyl sites for hydroxylation is 1. The fourth-order valence-corrected chi connectivity index (χ4v) is 3.34. The normalized spacial score (nSPS) is 12.0. The monoisotopic (exact) mass is 360 g/mol. The van der Waals surface area contributed by atoms with Crippen molar-refractivity contribution in [3.05, 3.63) is 53.6 Å². The van der Waals surface area contributed by atoms with Gasteiger partial charge in [0, 0.05) is 46.0 Å². The Morgan fingerprint density at radius 2 is 2.00 bits per heavy atom. The second-order valence-corrected chi connectivity index (χ2v) is 6.37. The number of aromatic nitrogens is 4. The Balaban J connectivity index is 1.90.